The number of benzene rings is 2. The van der Waals surface area contributed by atoms with Crippen molar-refractivity contribution in [2.45, 2.75) is 26.7 Å². The van der Waals surface area contributed by atoms with Gasteiger partial charge in [0, 0.05) is 11.1 Å². The van der Waals surface area contributed by atoms with E-state index in [1.54, 1.807) is 12.2 Å². The van der Waals surface area contributed by atoms with Crippen LogP contribution in [0, 0.1) is 23.7 Å². The fourth-order valence-electron chi connectivity index (χ4n) is 2.18. The molecule has 0 heterocycles. The molecule has 0 unspecified atom stereocenters. The summed E-state index contributed by atoms with van der Waals surface area (Å²) < 4.78 is 5.40. The van der Waals surface area contributed by atoms with E-state index in [1.807, 2.05) is 31.2 Å². The molecule has 120 valence electrons. The molecule has 0 spiro atoms. The van der Waals surface area contributed by atoms with Gasteiger partial charge in [-0.3, -0.25) is 0 Å². The van der Waals surface area contributed by atoms with Gasteiger partial charge in [-0.1, -0.05) is 49.2 Å². The monoisotopic (exact) mass is 314 g/mol. The molecule has 2 aromatic carbocycles. The molecule has 0 amide bonds. The average molecular weight is 314 g/mol. The molecule has 2 rings (SSSR count). The summed E-state index contributed by atoms with van der Waals surface area (Å²) in [6.45, 7) is 4.83. The van der Waals surface area contributed by atoms with Crippen LogP contribution < -0.4 is 4.74 Å². The number of aryl methyl sites for hydroxylation is 1. The van der Waals surface area contributed by atoms with E-state index >= 15 is 0 Å². The van der Waals surface area contributed by atoms with E-state index in [4.69, 9.17) is 4.74 Å². The largest absolute Gasteiger partial charge is 0.494 e. The van der Waals surface area contributed by atoms with Gasteiger partial charge in [0.05, 0.1) is 6.61 Å². The zero-order valence-corrected chi connectivity index (χ0v) is 14.3. The quantitative estimate of drug-likeness (QED) is 0.722. The zero-order valence-electron chi connectivity index (χ0n) is 14.3. The van der Waals surface area contributed by atoms with Crippen molar-refractivity contribution in [2.24, 2.45) is 0 Å². The van der Waals surface area contributed by atoms with E-state index < -0.39 is 0 Å². The Morgan fingerprint density at radius 2 is 1.33 bits per heavy atom. The van der Waals surface area contributed by atoms with Gasteiger partial charge in [-0.05, 0) is 67.5 Å². The second kappa shape index (κ2) is 9.98. The second-order valence-corrected chi connectivity index (χ2v) is 5.28. The molecule has 0 aromatic heterocycles. The lowest BCUT2D eigenvalue weighted by molar-refractivity contribution is 0.340. The molecule has 0 N–H and O–H groups in total. The number of allylic oxidation sites excluding steroid dienone is 2. The van der Waals surface area contributed by atoms with Crippen molar-refractivity contribution in [2.75, 3.05) is 6.61 Å². The smallest absolute Gasteiger partial charge is 0.119 e. The maximum Gasteiger partial charge on any atom is 0.119 e. The van der Waals surface area contributed by atoms with Crippen LogP contribution in [0.25, 0.3) is 0 Å². The lowest BCUT2D eigenvalue weighted by Gasteiger charge is -2.01. The van der Waals surface area contributed by atoms with Gasteiger partial charge in [0.15, 0.2) is 0 Å². The third-order valence-corrected chi connectivity index (χ3v) is 3.34. The van der Waals surface area contributed by atoms with E-state index in [2.05, 4.69) is 54.9 Å². The van der Waals surface area contributed by atoms with E-state index in [9.17, 15) is 0 Å². The van der Waals surface area contributed by atoms with Crippen molar-refractivity contribution in [1.29, 1.82) is 0 Å². The first-order chi connectivity index (χ1) is 11.8. The topological polar surface area (TPSA) is 9.23 Å². The Hall–Kier alpha value is -2.90. The molecule has 0 aliphatic heterocycles. The van der Waals surface area contributed by atoms with Gasteiger partial charge in [0.2, 0.25) is 0 Å². The van der Waals surface area contributed by atoms with Crippen molar-refractivity contribution < 1.29 is 4.74 Å². The van der Waals surface area contributed by atoms with Crippen LogP contribution in [0.4, 0.5) is 0 Å². The summed E-state index contributed by atoms with van der Waals surface area (Å²) >= 11 is 0. The summed E-state index contributed by atoms with van der Waals surface area (Å²) in [4.78, 5) is 0. The van der Waals surface area contributed by atoms with Crippen LogP contribution >= 0.6 is 0 Å². The first-order valence-electron chi connectivity index (χ1n) is 8.31. The Labute approximate surface area is 145 Å². The van der Waals surface area contributed by atoms with Crippen molar-refractivity contribution in [3.8, 4) is 29.4 Å². The highest BCUT2D eigenvalue weighted by atomic mass is 16.5. The Balaban J connectivity index is 1.89. The van der Waals surface area contributed by atoms with Gasteiger partial charge in [-0.25, -0.2) is 0 Å². The molecule has 0 aliphatic carbocycles. The van der Waals surface area contributed by atoms with Crippen molar-refractivity contribution >= 4 is 0 Å². The van der Waals surface area contributed by atoms with Crippen molar-refractivity contribution in [3.63, 3.8) is 0 Å². The van der Waals surface area contributed by atoms with Gasteiger partial charge >= 0.3 is 0 Å². The summed E-state index contributed by atoms with van der Waals surface area (Å²) in [5.74, 6) is 13.1. The van der Waals surface area contributed by atoms with Crippen molar-refractivity contribution in [3.05, 3.63) is 77.4 Å². The molecule has 2 aromatic rings. The van der Waals surface area contributed by atoms with Crippen LogP contribution in [0.15, 0.2) is 60.7 Å². The first kappa shape index (κ1) is 17.5. The molecule has 1 nitrogen and oxygen atoms in total. The molecule has 0 bridgehead atoms. The van der Waals surface area contributed by atoms with Gasteiger partial charge in [-0.2, -0.15) is 0 Å². The Bertz CT molecular complexity index is 703. The van der Waals surface area contributed by atoms with Crippen molar-refractivity contribution in [1.82, 2.24) is 0 Å². The molecule has 0 atom stereocenters. The molecular formula is C23H22O. The lowest BCUT2D eigenvalue weighted by atomic mass is 10.1. The molecule has 0 fully saturated rings. The van der Waals surface area contributed by atoms with Crippen LogP contribution in [0.3, 0.4) is 0 Å². The van der Waals surface area contributed by atoms with Crippen LogP contribution in [0.1, 0.15) is 37.0 Å². The Kier molecular flexibility index (Phi) is 7.26. The minimum atomic E-state index is 0.674. The summed E-state index contributed by atoms with van der Waals surface area (Å²) in [5, 5.41) is 0. The van der Waals surface area contributed by atoms with Gasteiger partial charge in [0.25, 0.3) is 0 Å². The summed E-state index contributed by atoms with van der Waals surface area (Å²) in [7, 11) is 0. The van der Waals surface area contributed by atoms with Gasteiger partial charge in [0.1, 0.15) is 5.75 Å². The Morgan fingerprint density at radius 3 is 1.83 bits per heavy atom. The van der Waals surface area contributed by atoms with E-state index in [0.29, 0.717) is 6.61 Å². The van der Waals surface area contributed by atoms with Crippen LogP contribution in [0.5, 0.6) is 5.75 Å². The highest BCUT2D eigenvalue weighted by Crippen LogP contribution is 2.11. The predicted molar refractivity (Wildman–Crippen MR) is 101 cm³/mol. The molecular weight excluding hydrogens is 292 g/mol. The number of ether oxygens (including phenoxy) is 1. The van der Waals surface area contributed by atoms with E-state index in [1.165, 1.54) is 12.0 Å². The summed E-state index contributed by atoms with van der Waals surface area (Å²) in [6.07, 6.45) is 5.84. The van der Waals surface area contributed by atoms with E-state index in [0.717, 1.165) is 23.3 Å². The number of hydrogen-bond acceptors (Lipinski definition) is 1. The minimum absolute atomic E-state index is 0.674. The molecule has 0 radical (unpaired) electrons. The maximum absolute atomic E-state index is 5.40. The molecule has 0 saturated heterocycles. The number of rotatable bonds is 4. The maximum atomic E-state index is 5.40. The van der Waals surface area contributed by atoms with Gasteiger partial charge in [-0.15, -0.1) is 0 Å². The SMILES string of the molecule is CCCc1ccc(C#C/C=C/C#Cc2ccc(OCC)cc2)cc1. The highest BCUT2D eigenvalue weighted by Gasteiger charge is 1.91. The first-order valence-corrected chi connectivity index (χ1v) is 8.31. The van der Waals surface area contributed by atoms with Crippen LogP contribution in [-0.2, 0) is 6.42 Å². The fraction of sp³-hybridized carbons (Fsp3) is 0.217. The Morgan fingerprint density at radius 1 is 0.792 bits per heavy atom. The predicted octanol–water partition coefficient (Wildman–Crippen LogP) is 5.00. The summed E-state index contributed by atoms with van der Waals surface area (Å²) in [6, 6.07) is 16.2. The van der Waals surface area contributed by atoms with Crippen LogP contribution in [-0.4, -0.2) is 6.61 Å². The molecule has 1 heteroatoms. The highest BCUT2D eigenvalue weighted by molar-refractivity contribution is 5.42. The minimum Gasteiger partial charge on any atom is -0.494 e. The zero-order chi connectivity index (χ0) is 17.0. The lowest BCUT2D eigenvalue weighted by Crippen LogP contribution is -1.90. The fourth-order valence-corrected chi connectivity index (χ4v) is 2.18. The molecule has 24 heavy (non-hydrogen) atoms. The van der Waals surface area contributed by atoms with Gasteiger partial charge < -0.3 is 4.74 Å². The molecule has 0 aliphatic rings. The average Bonchev–Trinajstić information content (AvgIpc) is 2.61. The second-order valence-electron chi connectivity index (χ2n) is 5.28. The van der Waals surface area contributed by atoms with E-state index in [-0.39, 0.29) is 0 Å². The van der Waals surface area contributed by atoms with Crippen LogP contribution in [0.2, 0.25) is 0 Å². The molecule has 0 saturated carbocycles. The third kappa shape index (κ3) is 6.07. The standard InChI is InChI=1S/C23H22O/c1-3-9-20-12-14-21(15-13-20)10-7-5-6-8-11-22-16-18-23(19-17-22)24-4-2/h5-6,12-19H,3-4,9H2,1-2H3/b6-5+. The summed E-state index contributed by atoms with van der Waals surface area (Å²) in [5.41, 5.74) is 3.35. The third-order valence-electron chi connectivity index (χ3n) is 3.34. The number of hydrogen-bond donors (Lipinski definition) is 0. The normalized spacial score (nSPS) is 9.75.